The molecule has 2 aliphatic rings. The third-order valence-electron chi connectivity index (χ3n) is 4.13. The van der Waals surface area contributed by atoms with Crippen molar-refractivity contribution in [1.29, 1.82) is 0 Å². The van der Waals surface area contributed by atoms with Crippen molar-refractivity contribution < 1.29 is 8.42 Å². The minimum absolute atomic E-state index is 0. The summed E-state index contributed by atoms with van der Waals surface area (Å²) in [6, 6.07) is -0.0768. The first-order chi connectivity index (χ1) is 8.98. The molecule has 0 aromatic carbocycles. The van der Waals surface area contributed by atoms with Crippen LogP contribution in [0.2, 0.25) is 0 Å². The quantitative estimate of drug-likeness (QED) is 0.865. The van der Waals surface area contributed by atoms with Gasteiger partial charge in [0.15, 0.2) is 5.03 Å². The van der Waals surface area contributed by atoms with Crippen LogP contribution in [0.25, 0.3) is 0 Å². The van der Waals surface area contributed by atoms with Crippen LogP contribution in [0, 0.1) is 5.92 Å². The minimum atomic E-state index is -3.48. The van der Waals surface area contributed by atoms with E-state index in [-0.39, 0.29) is 29.4 Å². The van der Waals surface area contributed by atoms with Crippen LogP contribution in [-0.2, 0) is 23.0 Å². The Balaban J connectivity index is 0.00000147. The van der Waals surface area contributed by atoms with Crippen LogP contribution in [0.3, 0.4) is 0 Å². The summed E-state index contributed by atoms with van der Waals surface area (Å²) < 4.78 is 28.5. The molecular weight excluding hydrogens is 300 g/mol. The number of fused-ring (bicyclic) bond motifs is 1. The zero-order chi connectivity index (χ0) is 13.6. The van der Waals surface area contributed by atoms with Gasteiger partial charge in [-0.25, -0.2) is 13.4 Å². The number of halogens is 1. The molecule has 20 heavy (non-hydrogen) atoms. The van der Waals surface area contributed by atoms with Gasteiger partial charge in [-0.3, -0.25) is 0 Å². The zero-order valence-corrected chi connectivity index (χ0v) is 13.2. The van der Waals surface area contributed by atoms with Gasteiger partial charge in [-0.05, 0) is 18.8 Å². The second-order valence-electron chi connectivity index (χ2n) is 5.61. The fourth-order valence-electron chi connectivity index (χ4n) is 2.79. The minimum Gasteiger partial charge on any atom is -0.333 e. The molecule has 0 amide bonds. The Morgan fingerprint density at radius 2 is 2.10 bits per heavy atom. The Hall–Kier alpha value is -0.630. The lowest BCUT2D eigenvalue weighted by Gasteiger charge is -2.13. The van der Waals surface area contributed by atoms with E-state index < -0.39 is 10.0 Å². The van der Waals surface area contributed by atoms with Gasteiger partial charge in [0.25, 0.3) is 10.0 Å². The first-order valence-corrected chi connectivity index (χ1v) is 8.24. The molecule has 2 aliphatic heterocycles. The van der Waals surface area contributed by atoms with E-state index in [1.165, 1.54) is 4.31 Å². The van der Waals surface area contributed by atoms with Crippen LogP contribution in [0.5, 0.6) is 0 Å². The molecule has 1 saturated heterocycles. The van der Waals surface area contributed by atoms with E-state index >= 15 is 0 Å². The molecule has 114 valence electrons. The third-order valence-corrected chi connectivity index (χ3v) is 5.83. The van der Waals surface area contributed by atoms with Crippen molar-refractivity contribution >= 4 is 22.4 Å². The second-order valence-corrected chi connectivity index (χ2v) is 7.49. The van der Waals surface area contributed by atoms with Crippen LogP contribution >= 0.6 is 12.4 Å². The maximum Gasteiger partial charge on any atom is 0.262 e. The van der Waals surface area contributed by atoms with E-state index in [1.54, 1.807) is 6.20 Å². The highest BCUT2D eigenvalue weighted by Gasteiger charge is 2.37. The molecule has 3 rings (SSSR count). The van der Waals surface area contributed by atoms with Crippen molar-refractivity contribution in [3.8, 4) is 0 Å². The summed E-state index contributed by atoms with van der Waals surface area (Å²) in [6.07, 6.45) is 4.72. The van der Waals surface area contributed by atoms with Gasteiger partial charge in [0.05, 0.1) is 0 Å². The summed E-state index contributed by atoms with van der Waals surface area (Å²) >= 11 is 0. The first-order valence-electron chi connectivity index (χ1n) is 6.80. The van der Waals surface area contributed by atoms with Crippen LogP contribution in [0.1, 0.15) is 25.6 Å². The second kappa shape index (κ2) is 5.63. The molecule has 0 radical (unpaired) electrons. The maximum atomic E-state index is 12.5. The van der Waals surface area contributed by atoms with E-state index in [0.29, 0.717) is 13.1 Å². The number of aryl methyl sites for hydroxylation is 2. The molecule has 1 aromatic rings. The van der Waals surface area contributed by atoms with E-state index in [4.69, 9.17) is 5.73 Å². The summed E-state index contributed by atoms with van der Waals surface area (Å²) in [6.45, 7) is 3.74. The molecule has 1 fully saturated rings. The van der Waals surface area contributed by atoms with Crippen LogP contribution < -0.4 is 5.73 Å². The number of aromatic nitrogens is 2. The molecule has 0 aliphatic carbocycles. The number of nitrogens with zero attached hydrogens (tertiary/aromatic N) is 3. The molecule has 6 nitrogen and oxygen atoms in total. The normalized spacial score (nSPS) is 27.1. The van der Waals surface area contributed by atoms with Gasteiger partial charge in [0.2, 0.25) is 0 Å². The zero-order valence-electron chi connectivity index (χ0n) is 11.5. The highest BCUT2D eigenvalue weighted by molar-refractivity contribution is 7.89. The van der Waals surface area contributed by atoms with Gasteiger partial charge in [0.1, 0.15) is 5.82 Å². The molecule has 2 unspecified atom stereocenters. The molecule has 1 aromatic heterocycles. The number of hydrogen-bond acceptors (Lipinski definition) is 4. The van der Waals surface area contributed by atoms with E-state index in [2.05, 4.69) is 4.98 Å². The van der Waals surface area contributed by atoms with Gasteiger partial charge in [-0.1, -0.05) is 6.92 Å². The lowest BCUT2D eigenvalue weighted by atomic mass is 10.1. The van der Waals surface area contributed by atoms with Crippen LogP contribution in [0.4, 0.5) is 0 Å². The van der Waals surface area contributed by atoms with Crippen molar-refractivity contribution in [2.45, 2.75) is 43.8 Å². The predicted molar refractivity (Wildman–Crippen MR) is 78.3 cm³/mol. The Morgan fingerprint density at radius 3 is 2.70 bits per heavy atom. The summed E-state index contributed by atoms with van der Waals surface area (Å²) in [5, 5.41) is 0.186. The molecule has 0 spiro atoms. The van der Waals surface area contributed by atoms with Crippen molar-refractivity contribution in [2.24, 2.45) is 11.7 Å². The van der Waals surface area contributed by atoms with E-state index in [0.717, 1.165) is 31.6 Å². The number of hydrogen-bond donors (Lipinski definition) is 1. The van der Waals surface area contributed by atoms with Gasteiger partial charge in [-0.2, -0.15) is 4.31 Å². The summed E-state index contributed by atoms with van der Waals surface area (Å²) in [4.78, 5) is 4.31. The van der Waals surface area contributed by atoms with Crippen molar-refractivity contribution in [2.75, 3.05) is 13.1 Å². The number of nitrogens with two attached hydrogens (primary N) is 1. The first kappa shape index (κ1) is 15.8. The molecule has 2 N–H and O–H groups in total. The summed E-state index contributed by atoms with van der Waals surface area (Å²) in [7, 11) is -3.48. The largest absolute Gasteiger partial charge is 0.333 e. The fourth-order valence-corrected chi connectivity index (χ4v) is 4.33. The summed E-state index contributed by atoms with van der Waals surface area (Å²) in [5.41, 5.74) is 5.91. The smallest absolute Gasteiger partial charge is 0.262 e. The molecule has 8 heteroatoms. The predicted octanol–water partition coefficient (Wildman–Crippen LogP) is 0.609. The van der Waals surface area contributed by atoms with Gasteiger partial charge in [0, 0.05) is 38.3 Å². The van der Waals surface area contributed by atoms with Crippen molar-refractivity contribution in [3.05, 3.63) is 12.0 Å². The molecule has 2 atom stereocenters. The van der Waals surface area contributed by atoms with Crippen LogP contribution in [-0.4, -0.2) is 41.4 Å². The number of rotatable bonds is 2. The lowest BCUT2D eigenvalue weighted by molar-refractivity contribution is 0.461. The highest BCUT2D eigenvalue weighted by atomic mass is 35.5. The molecular formula is C12H21ClN4O2S. The molecule has 0 bridgehead atoms. The Labute approximate surface area is 125 Å². The lowest BCUT2D eigenvalue weighted by Crippen LogP contribution is -2.32. The van der Waals surface area contributed by atoms with Crippen molar-refractivity contribution in [1.82, 2.24) is 13.9 Å². The van der Waals surface area contributed by atoms with Crippen molar-refractivity contribution in [3.63, 3.8) is 0 Å². The van der Waals surface area contributed by atoms with Gasteiger partial charge >= 0.3 is 0 Å². The average molecular weight is 321 g/mol. The molecule has 0 saturated carbocycles. The standard InChI is InChI=1S/C12H20N4O2S.ClH/c1-9-6-16(7-10(9)13)19(17,18)12-8-15-5-3-2-4-11(15)14-12;/h8-10H,2-7,13H2,1H3;1H. The Bertz CT molecular complexity index is 553. The average Bonchev–Trinajstić information content (AvgIpc) is 2.94. The fraction of sp³-hybridized carbons (Fsp3) is 0.750. The Morgan fingerprint density at radius 1 is 1.35 bits per heavy atom. The summed E-state index contributed by atoms with van der Waals surface area (Å²) in [5.74, 6) is 1.09. The van der Waals surface area contributed by atoms with E-state index in [9.17, 15) is 8.42 Å². The van der Waals surface area contributed by atoms with E-state index in [1.807, 2.05) is 11.5 Å². The Kier molecular flexibility index (Phi) is 4.44. The topological polar surface area (TPSA) is 81.2 Å². The monoisotopic (exact) mass is 320 g/mol. The molecule has 3 heterocycles. The SMILES string of the molecule is CC1CN(S(=O)(=O)c2cn3c(n2)CCCC3)CC1N.Cl. The number of sulfonamides is 1. The highest BCUT2D eigenvalue weighted by Crippen LogP contribution is 2.24. The van der Waals surface area contributed by atoms with Crippen LogP contribution in [0.15, 0.2) is 11.2 Å². The third kappa shape index (κ3) is 2.59. The van der Waals surface area contributed by atoms with Gasteiger partial charge in [-0.15, -0.1) is 12.4 Å². The maximum absolute atomic E-state index is 12.5. The van der Waals surface area contributed by atoms with Gasteiger partial charge < -0.3 is 10.3 Å². The number of imidazole rings is 1.